The van der Waals surface area contributed by atoms with Crippen molar-refractivity contribution in [3.05, 3.63) is 40.8 Å². The molecule has 0 aliphatic carbocycles. The molecular formula is C9H10N4O2. The van der Waals surface area contributed by atoms with E-state index in [-0.39, 0.29) is 0 Å². The summed E-state index contributed by atoms with van der Waals surface area (Å²) in [6.07, 6.45) is 0. The average molecular weight is 206 g/mol. The molecule has 0 aliphatic heterocycles. The molecule has 0 amide bonds. The zero-order valence-corrected chi connectivity index (χ0v) is 8.11. The molecule has 0 radical (unpaired) electrons. The van der Waals surface area contributed by atoms with Crippen LogP contribution in [0.4, 0.5) is 5.69 Å². The van der Waals surface area contributed by atoms with Crippen molar-refractivity contribution < 1.29 is 9.90 Å². The number of benzene rings is 1. The van der Waals surface area contributed by atoms with E-state index in [0.29, 0.717) is 5.69 Å². The highest BCUT2D eigenvalue weighted by Gasteiger charge is 2.24. The first kappa shape index (κ1) is 10.9. The minimum absolute atomic E-state index is 0.546. The fourth-order valence-corrected chi connectivity index (χ4v) is 1.08. The lowest BCUT2D eigenvalue weighted by Gasteiger charge is -2.17. The number of carboxylic acids is 1. The van der Waals surface area contributed by atoms with Crippen molar-refractivity contribution >= 4 is 11.7 Å². The zero-order valence-electron chi connectivity index (χ0n) is 8.11. The van der Waals surface area contributed by atoms with Gasteiger partial charge in [0.25, 0.3) is 0 Å². The third-order valence-electron chi connectivity index (χ3n) is 1.88. The SMILES string of the molecule is C[C@H](C(=O)O)N(N=[N+]=[N-])c1ccccc1. The van der Waals surface area contributed by atoms with Crippen LogP contribution in [0.3, 0.4) is 0 Å². The predicted octanol–water partition coefficient (Wildman–Crippen LogP) is 2.19. The number of carboxylic acid groups (broad SMARTS) is 1. The molecule has 6 nitrogen and oxygen atoms in total. The molecule has 1 aromatic carbocycles. The Kier molecular flexibility index (Phi) is 3.54. The van der Waals surface area contributed by atoms with Gasteiger partial charge >= 0.3 is 5.97 Å². The fraction of sp³-hybridized carbons (Fsp3) is 0.222. The standard InChI is InChI=1S/C9H10N4O2/c1-7(9(14)15)13(12-11-10)8-5-3-2-4-6-8/h2-7H,1H3,(H,14,15)/t7-/m1/s1. The molecule has 6 heteroatoms. The highest BCUT2D eigenvalue weighted by molar-refractivity contribution is 5.77. The Hall–Kier alpha value is -2.20. The maximum absolute atomic E-state index is 10.8. The Labute approximate surface area is 86.3 Å². The van der Waals surface area contributed by atoms with Crippen molar-refractivity contribution in [1.82, 2.24) is 0 Å². The van der Waals surface area contributed by atoms with Gasteiger partial charge in [0, 0.05) is 0 Å². The summed E-state index contributed by atoms with van der Waals surface area (Å²) >= 11 is 0. The Bertz CT molecular complexity index is 386. The van der Waals surface area contributed by atoms with Crippen LogP contribution < -0.4 is 5.01 Å². The van der Waals surface area contributed by atoms with E-state index in [2.05, 4.69) is 10.1 Å². The second kappa shape index (κ2) is 4.88. The van der Waals surface area contributed by atoms with Gasteiger partial charge in [0.15, 0.2) is 6.04 Å². The Balaban J connectivity index is 3.03. The summed E-state index contributed by atoms with van der Waals surface area (Å²) < 4.78 is 0. The van der Waals surface area contributed by atoms with Gasteiger partial charge in [0.05, 0.1) is 0 Å². The molecule has 0 spiro atoms. The van der Waals surface area contributed by atoms with Crippen LogP contribution in [0.1, 0.15) is 6.92 Å². The van der Waals surface area contributed by atoms with Crippen molar-refractivity contribution in [2.45, 2.75) is 13.0 Å². The van der Waals surface area contributed by atoms with Gasteiger partial charge < -0.3 is 5.11 Å². The van der Waals surface area contributed by atoms with Crippen molar-refractivity contribution in [1.29, 1.82) is 0 Å². The van der Waals surface area contributed by atoms with Crippen molar-refractivity contribution in [3.8, 4) is 0 Å². The maximum atomic E-state index is 10.8. The number of hydrogen-bond donors (Lipinski definition) is 1. The van der Waals surface area contributed by atoms with Gasteiger partial charge in [-0.2, -0.15) is 4.91 Å². The van der Waals surface area contributed by atoms with E-state index >= 15 is 0 Å². The van der Waals surface area contributed by atoms with Gasteiger partial charge in [-0.1, -0.05) is 18.2 Å². The Morgan fingerprint density at radius 1 is 1.53 bits per heavy atom. The van der Waals surface area contributed by atoms with Gasteiger partial charge in [-0.15, -0.1) is 5.53 Å². The molecule has 15 heavy (non-hydrogen) atoms. The molecule has 78 valence electrons. The first-order valence-electron chi connectivity index (χ1n) is 4.29. The maximum Gasteiger partial charge on any atom is 0.349 e. The van der Waals surface area contributed by atoms with E-state index in [1.54, 1.807) is 30.3 Å². The number of anilines is 1. The van der Waals surface area contributed by atoms with Gasteiger partial charge in [0.1, 0.15) is 5.69 Å². The number of nitrogens with zero attached hydrogens (tertiary/aromatic N) is 4. The van der Waals surface area contributed by atoms with Gasteiger partial charge in [-0.25, -0.2) is 9.80 Å². The number of para-hydroxylation sites is 1. The minimum Gasteiger partial charge on any atom is -0.478 e. The van der Waals surface area contributed by atoms with Crippen LogP contribution in [0.25, 0.3) is 10.4 Å². The summed E-state index contributed by atoms with van der Waals surface area (Å²) in [6.45, 7) is 1.45. The van der Waals surface area contributed by atoms with E-state index in [4.69, 9.17) is 10.6 Å². The molecule has 0 saturated heterocycles. The second-order valence-corrected chi connectivity index (χ2v) is 2.87. The fourth-order valence-electron chi connectivity index (χ4n) is 1.08. The summed E-state index contributed by atoms with van der Waals surface area (Å²) in [6, 6.07) is 7.72. The summed E-state index contributed by atoms with van der Waals surface area (Å²) in [5, 5.41) is 13.3. The van der Waals surface area contributed by atoms with Crippen molar-refractivity contribution in [2.24, 2.45) is 5.22 Å². The first-order valence-corrected chi connectivity index (χ1v) is 4.29. The molecule has 0 aliphatic rings. The van der Waals surface area contributed by atoms with Crippen LogP contribution >= 0.6 is 0 Å². The van der Waals surface area contributed by atoms with Crippen LogP contribution in [0, 0.1) is 0 Å². The molecule has 1 rings (SSSR count). The van der Waals surface area contributed by atoms with E-state index < -0.39 is 12.0 Å². The molecule has 0 aromatic heterocycles. The zero-order chi connectivity index (χ0) is 11.3. The van der Waals surface area contributed by atoms with Crippen LogP contribution in [0.2, 0.25) is 0 Å². The van der Waals surface area contributed by atoms with E-state index in [9.17, 15) is 4.79 Å². The molecule has 0 heterocycles. The third-order valence-corrected chi connectivity index (χ3v) is 1.88. The summed E-state index contributed by atoms with van der Waals surface area (Å²) in [7, 11) is 0. The number of azide groups is 1. The van der Waals surface area contributed by atoms with E-state index in [1.807, 2.05) is 0 Å². The van der Waals surface area contributed by atoms with Crippen LogP contribution in [0.5, 0.6) is 0 Å². The summed E-state index contributed by atoms with van der Waals surface area (Å²) in [5.74, 6) is -1.05. The number of rotatable bonds is 4. The van der Waals surface area contributed by atoms with Crippen LogP contribution in [-0.2, 0) is 4.79 Å². The van der Waals surface area contributed by atoms with E-state index in [1.165, 1.54) is 6.92 Å². The van der Waals surface area contributed by atoms with Crippen molar-refractivity contribution in [2.75, 3.05) is 5.01 Å². The lowest BCUT2D eigenvalue weighted by atomic mass is 10.2. The Morgan fingerprint density at radius 3 is 2.60 bits per heavy atom. The average Bonchev–Trinajstić information content (AvgIpc) is 2.26. The third kappa shape index (κ3) is 2.62. The second-order valence-electron chi connectivity index (χ2n) is 2.87. The Morgan fingerprint density at radius 2 is 2.13 bits per heavy atom. The van der Waals surface area contributed by atoms with Crippen LogP contribution in [-0.4, -0.2) is 17.1 Å². The van der Waals surface area contributed by atoms with Gasteiger partial charge in [-0.3, -0.25) is 0 Å². The summed E-state index contributed by atoms with van der Waals surface area (Å²) in [5.41, 5.74) is 8.90. The quantitative estimate of drug-likeness (QED) is 0.354. The smallest absolute Gasteiger partial charge is 0.349 e. The van der Waals surface area contributed by atoms with E-state index in [0.717, 1.165) is 5.01 Å². The first-order chi connectivity index (χ1) is 7.16. The number of carbonyl (C=O) groups is 1. The topological polar surface area (TPSA) is 89.3 Å². The lowest BCUT2D eigenvalue weighted by Crippen LogP contribution is -2.34. The predicted molar refractivity (Wildman–Crippen MR) is 55.2 cm³/mol. The molecule has 0 saturated carbocycles. The molecular weight excluding hydrogens is 196 g/mol. The number of hydrogen-bond acceptors (Lipinski definition) is 2. The molecule has 0 bridgehead atoms. The summed E-state index contributed by atoms with van der Waals surface area (Å²) in [4.78, 5) is 13.4. The minimum atomic E-state index is -1.05. The van der Waals surface area contributed by atoms with Gasteiger partial charge in [0.2, 0.25) is 0 Å². The highest BCUT2D eigenvalue weighted by atomic mass is 16.4. The molecule has 1 atom stereocenters. The molecule has 1 N–H and O–H groups in total. The monoisotopic (exact) mass is 206 g/mol. The normalized spacial score (nSPS) is 11.3. The number of aliphatic carboxylic acids is 1. The van der Waals surface area contributed by atoms with Crippen LogP contribution in [0.15, 0.2) is 35.6 Å². The largest absolute Gasteiger partial charge is 0.478 e. The molecule has 1 aromatic rings. The van der Waals surface area contributed by atoms with Crippen molar-refractivity contribution in [3.63, 3.8) is 0 Å². The lowest BCUT2D eigenvalue weighted by molar-refractivity contribution is -0.138. The van der Waals surface area contributed by atoms with Gasteiger partial charge in [-0.05, 0) is 24.3 Å². The highest BCUT2D eigenvalue weighted by Crippen LogP contribution is 2.17. The molecule has 0 unspecified atom stereocenters. The molecule has 0 fully saturated rings.